The highest BCUT2D eigenvalue weighted by atomic mass is 16.3. The van der Waals surface area contributed by atoms with Crippen LogP contribution in [0, 0.1) is 0 Å². The number of rotatable bonds is 7. The zero-order chi connectivity index (χ0) is 19.3. The molecular weight excluding hydrogens is 344 g/mol. The molecule has 0 aliphatic heterocycles. The number of fused-ring (bicyclic) bond motifs is 1. The molecule has 0 bridgehead atoms. The average Bonchev–Trinajstić information content (AvgIpc) is 3.17. The van der Waals surface area contributed by atoms with Gasteiger partial charge in [-0.3, -0.25) is 0 Å². The number of aliphatic hydroxyl groups excluding tert-OH is 1. The van der Waals surface area contributed by atoms with Gasteiger partial charge in [-0.15, -0.1) is 0 Å². The molecule has 28 heavy (non-hydrogen) atoms. The molecule has 0 radical (unpaired) electrons. The first-order valence-corrected chi connectivity index (χ1v) is 9.83. The zero-order valence-electron chi connectivity index (χ0n) is 15.9. The van der Waals surface area contributed by atoms with Crippen LogP contribution in [0.5, 0.6) is 0 Å². The Morgan fingerprint density at radius 2 is 1.46 bits per heavy atom. The minimum absolute atomic E-state index is 0.195. The van der Waals surface area contributed by atoms with E-state index in [1.165, 1.54) is 16.5 Å². The van der Waals surface area contributed by atoms with E-state index in [0.717, 1.165) is 23.9 Å². The molecule has 0 aliphatic carbocycles. The molecule has 1 aromatic heterocycles. The van der Waals surface area contributed by atoms with Crippen LogP contribution in [0.3, 0.4) is 0 Å². The van der Waals surface area contributed by atoms with E-state index < -0.39 is 6.10 Å². The fourth-order valence-electron chi connectivity index (χ4n) is 3.89. The van der Waals surface area contributed by atoms with Crippen LogP contribution in [-0.2, 0) is 12.8 Å². The molecule has 2 atom stereocenters. The standard InChI is InChI=1S/C25H26N2O/c26-18-24(28)25(21-9-5-2-6-10-21)27-16-15-22-17-20(13-14-23(22)27)12-11-19-7-3-1-4-8-19/h1-10,13-17,24-25,28H,11-12,18,26H2. The van der Waals surface area contributed by atoms with E-state index >= 15 is 0 Å². The van der Waals surface area contributed by atoms with E-state index in [1.54, 1.807) is 0 Å². The van der Waals surface area contributed by atoms with Crippen LogP contribution in [0.25, 0.3) is 10.9 Å². The van der Waals surface area contributed by atoms with Gasteiger partial charge in [0.15, 0.2) is 0 Å². The molecular formula is C25H26N2O. The minimum atomic E-state index is -0.643. The van der Waals surface area contributed by atoms with Gasteiger partial charge in [0.1, 0.15) is 0 Å². The number of nitrogens with two attached hydrogens (primary N) is 1. The predicted molar refractivity (Wildman–Crippen MR) is 115 cm³/mol. The highest BCUT2D eigenvalue weighted by Crippen LogP contribution is 2.28. The maximum atomic E-state index is 10.6. The van der Waals surface area contributed by atoms with Crippen molar-refractivity contribution in [3.63, 3.8) is 0 Å². The molecule has 4 aromatic rings. The van der Waals surface area contributed by atoms with E-state index in [4.69, 9.17) is 5.73 Å². The molecule has 0 spiro atoms. The SMILES string of the molecule is NCC(O)C(c1ccccc1)n1ccc2cc(CCc3ccccc3)ccc21. The van der Waals surface area contributed by atoms with Crippen molar-refractivity contribution in [2.24, 2.45) is 5.73 Å². The fraction of sp³-hybridized carbons (Fsp3) is 0.200. The monoisotopic (exact) mass is 370 g/mol. The largest absolute Gasteiger partial charge is 0.389 e. The van der Waals surface area contributed by atoms with Gasteiger partial charge in [0.05, 0.1) is 12.1 Å². The Hall–Kier alpha value is -2.88. The second-order valence-corrected chi connectivity index (χ2v) is 7.26. The summed E-state index contributed by atoms with van der Waals surface area (Å²) in [6.07, 6.45) is 3.46. The third kappa shape index (κ3) is 3.86. The lowest BCUT2D eigenvalue weighted by molar-refractivity contribution is 0.140. The van der Waals surface area contributed by atoms with Crippen LogP contribution in [0.4, 0.5) is 0 Å². The molecule has 3 heteroatoms. The van der Waals surface area contributed by atoms with Gasteiger partial charge in [-0.05, 0) is 53.1 Å². The van der Waals surface area contributed by atoms with Crippen LogP contribution in [0.1, 0.15) is 22.7 Å². The lowest BCUT2D eigenvalue weighted by atomic mass is 10.0. The van der Waals surface area contributed by atoms with Gasteiger partial charge >= 0.3 is 0 Å². The molecule has 142 valence electrons. The quantitative estimate of drug-likeness (QED) is 0.509. The topological polar surface area (TPSA) is 51.2 Å². The normalized spacial score (nSPS) is 13.5. The van der Waals surface area contributed by atoms with Crippen LogP contribution >= 0.6 is 0 Å². The molecule has 2 unspecified atom stereocenters. The summed E-state index contributed by atoms with van der Waals surface area (Å²) in [6, 6.07) is 29.2. The summed E-state index contributed by atoms with van der Waals surface area (Å²) in [5.41, 5.74) is 10.7. The summed E-state index contributed by atoms with van der Waals surface area (Å²) in [5.74, 6) is 0. The van der Waals surface area contributed by atoms with E-state index in [1.807, 2.05) is 30.3 Å². The third-order valence-electron chi connectivity index (χ3n) is 5.38. The summed E-state index contributed by atoms with van der Waals surface area (Å²) in [4.78, 5) is 0. The van der Waals surface area contributed by atoms with Crippen molar-refractivity contribution in [2.75, 3.05) is 6.54 Å². The maximum absolute atomic E-state index is 10.6. The molecule has 0 saturated heterocycles. The molecule has 3 aromatic carbocycles. The van der Waals surface area contributed by atoms with Crippen molar-refractivity contribution in [1.82, 2.24) is 4.57 Å². The van der Waals surface area contributed by atoms with Crippen LogP contribution in [0.15, 0.2) is 91.1 Å². The summed E-state index contributed by atoms with van der Waals surface area (Å²) in [7, 11) is 0. The summed E-state index contributed by atoms with van der Waals surface area (Å²) in [5, 5.41) is 11.8. The zero-order valence-corrected chi connectivity index (χ0v) is 15.9. The smallest absolute Gasteiger partial charge is 0.0910 e. The molecule has 4 rings (SSSR count). The second-order valence-electron chi connectivity index (χ2n) is 7.26. The first-order valence-electron chi connectivity index (χ1n) is 9.83. The van der Waals surface area contributed by atoms with Crippen LogP contribution in [0.2, 0.25) is 0 Å². The number of benzene rings is 3. The van der Waals surface area contributed by atoms with Crippen molar-refractivity contribution in [1.29, 1.82) is 0 Å². The van der Waals surface area contributed by atoms with Gasteiger partial charge in [0.25, 0.3) is 0 Å². The number of aliphatic hydroxyl groups is 1. The summed E-state index contributed by atoms with van der Waals surface area (Å²) in [6.45, 7) is 0.217. The molecule has 0 amide bonds. The van der Waals surface area contributed by atoms with Gasteiger partial charge in [-0.2, -0.15) is 0 Å². The first-order chi connectivity index (χ1) is 13.8. The molecule has 3 N–H and O–H groups in total. The van der Waals surface area contributed by atoms with Gasteiger partial charge < -0.3 is 15.4 Å². The van der Waals surface area contributed by atoms with Crippen molar-refractivity contribution in [2.45, 2.75) is 25.0 Å². The Morgan fingerprint density at radius 3 is 2.18 bits per heavy atom. The highest BCUT2D eigenvalue weighted by Gasteiger charge is 2.22. The first kappa shape index (κ1) is 18.5. The van der Waals surface area contributed by atoms with Gasteiger partial charge in [-0.1, -0.05) is 66.7 Å². The van der Waals surface area contributed by atoms with Crippen molar-refractivity contribution in [3.8, 4) is 0 Å². The van der Waals surface area contributed by atoms with Crippen LogP contribution < -0.4 is 5.73 Å². The Kier molecular flexibility index (Phi) is 5.56. The van der Waals surface area contributed by atoms with E-state index in [-0.39, 0.29) is 12.6 Å². The number of aryl methyl sites for hydroxylation is 2. The van der Waals surface area contributed by atoms with Gasteiger partial charge in [0, 0.05) is 18.3 Å². The summed E-state index contributed by atoms with van der Waals surface area (Å²) >= 11 is 0. The Morgan fingerprint density at radius 1 is 0.786 bits per heavy atom. The van der Waals surface area contributed by atoms with Gasteiger partial charge in [-0.25, -0.2) is 0 Å². The van der Waals surface area contributed by atoms with Crippen molar-refractivity contribution < 1.29 is 5.11 Å². The minimum Gasteiger partial charge on any atom is -0.389 e. The summed E-state index contributed by atoms with van der Waals surface area (Å²) < 4.78 is 2.14. The number of aromatic nitrogens is 1. The van der Waals surface area contributed by atoms with Crippen LogP contribution in [-0.4, -0.2) is 22.3 Å². The number of hydrogen-bond donors (Lipinski definition) is 2. The Balaban J connectivity index is 1.63. The maximum Gasteiger partial charge on any atom is 0.0910 e. The molecule has 0 fully saturated rings. The van der Waals surface area contributed by atoms with Crippen molar-refractivity contribution >= 4 is 10.9 Å². The highest BCUT2D eigenvalue weighted by molar-refractivity contribution is 5.81. The third-order valence-corrected chi connectivity index (χ3v) is 5.38. The van der Waals surface area contributed by atoms with E-state index in [9.17, 15) is 5.11 Å². The lowest BCUT2D eigenvalue weighted by Gasteiger charge is -2.25. The van der Waals surface area contributed by atoms with E-state index in [0.29, 0.717) is 0 Å². The predicted octanol–water partition coefficient (Wildman–Crippen LogP) is 4.34. The van der Waals surface area contributed by atoms with Gasteiger partial charge in [0.2, 0.25) is 0 Å². The Bertz CT molecular complexity index is 1020. The molecule has 1 heterocycles. The molecule has 3 nitrogen and oxygen atoms in total. The molecule has 0 saturated carbocycles. The lowest BCUT2D eigenvalue weighted by Crippen LogP contribution is -2.31. The van der Waals surface area contributed by atoms with E-state index in [2.05, 4.69) is 65.4 Å². The van der Waals surface area contributed by atoms with Crippen molar-refractivity contribution in [3.05, 3.63) is 108 Å². The fourth-order valence-corrected chi connectivity index (χ4v) is 3.89. The molecule has 0 aliphatic rings. The second kappa shape index (κ2) is 8.42. The Labute approximate surface area is 166 Å². The number of hydrogen-bond acceptors (Lipinski definition) is 2. The average molecular weight is 370 g/mol. The number of nitrogens with zero attached hydrogens (tertiary/aromatic N) is 1.